The summed E-state index contributed by atoms with van der Waals surface area (Å²) in [5.41, 5.74) is 1.13. The summed E-state index contributed by atoms with van der Waals surface area (Å²) >= 11 is 3.30. The minimum Gasteiger partial charge on any atom is -0.376 e. The molecule has 1 fully saturated rings. The lowest BCUT2D eigenvalue weighted by Gasteiger charge is -2.10. The molecule has 1 unspecified atom stereocenters. The molecule has 0 radical (unpaired) electrons. The molecule has 1 saturated heterocycles. The van der Waals surface area contributed by atoms with Gasteiger partial charge < -0.3 is 4.74 Å². The zero-order valence-electron chi connectivity index (χ0n) is 12.7. The molecular formula is C15H18BrN3O3S. The number of rotatable bonds is 5. The average Bonchev–Trinajstić information content (AvgIpc) is 3.14. The Labute approximate surface area is 144 Å². The lowest BCUT2D eigenvalue weighted by Crippen LogP contribution is -2.15. The van der Waals surface area contributed by atoms with Crippen molar-refractivity contribution in [1.29, 1.82) is 0 Å². The predicted molar refractivity (Wildman–Crippen MR) is 90.9 cm³/mol. The molecule has 0 aliphatic carbocycles. The third kappa shape index (κ3) is 3.94. The maximum Gasteiger partial charge on any atom is 0.262 e. The van der Waals surface area contributed by atoms with Crippen LogP contribution in [0.15, 0.2) is 40.0 Å². The van der Waals surface area contributed by atoms with E-state index in [1.54, 1.807) is 29.9 Å². The van der Waals surface area contributed by atoms with E-state index < -0.39 is 10.0 Å². The molecule has 1 N–H and O–H groups in total. The molecule has 1 aliphatic heterocycles. The Balaban J connectivity index is 1.75. The topological polar surface area (TPSA) is 73.2 Å². The van der Waals surface area contributed by atoms with E-state index in [4.69, 9.17) is 4.74 Å². The smallest absolute Gasteiger partial charge is 0.262 e. The number of nitrogens with one attached hydrogen (secondary N) is 1. The van der Waals surface area contributed by atoms with E-state index in [0.29, 0.717) is 17.8 Å². The van der Waals surface area contributed by atoms with Crippen molar-refractivity contribution in [1.82, 2.24) is 9.78 Å². The zero-order valence-corrected chi connectivity index (χ0v) is 15.1. The number of sulfonamides is 1. The molecule has 0 saturated carbocycles. The zero-order chi connectivity index (χ0) is 16.4. The Hall–Kier alpha value is -1.38. The first-order chi connectivity index (χ1) is 10.9. The monoisotopic (exact) mass is 399 g/mol. The van der Waals surface area contributed by atoms with Gasteiger partial charge in [0.2, 0.25) is 0 Å². The van der Waals surface area contributed by atoms with Crippen LogP contribution < -0.4 is 4.72 Å². The SMILES string of the molecule is Cc1ccc(Br)cc1S(=O)(=O)Nc1cnn(CC2CCCO2)c1. The third-order valence-electron chi connectivity index (χ3n) is 3.74. The summed E-state index contributed by atoms with van der Waals surface area (Å²) in [6.45, 7) is 3.19. The summed E-state index contributed by atoms with van der Waals surface area (Å²) in [6.07, 6.45) is 5.43. The fourth-order valence-corrected chi connectivity index (χ4v) is 4.40. The van der Waals surface area contributed by atoms with Gasteiger partial charge in [-0.25, -0.2) is 8.42 Å². The maximum atomic E-state index is 12.5. The number of ether oxygens (including phenoxy) is 1. The van der Waals surface area contributed by atoms with Crippen molar-refractivity contribution in [2.45, 2.75) is 37.3 Å². The van der Waals surface area contributed by atoms with E-state index in [-0.39, 0.29) is 11.0 Å². The van der Waals surface area contributed by atoms with E-state index in [9.17, 15) is 8.42 Å². The normalized spacial score (nSPS) is 18.3. The number of hydrogen-bond acceptors (Lipinski definition) is 4. The molecule has 0 amide bonds. The van der Waals surface area contributed by atoms with Crippen LogP contribution in [0, 0.1) is 6.92 Å². The van der Waals surface area contributed by atoms with Gasteiger partial charge in [-0.3, -0.25) is 9.40 Å². The maximum absolute atomic E-state index is 12.5. The number of benzene rings is 1. The highest BCUT2D eigenvalue weighted by Gasteiger charge is 2.19. The molecule has 6 nitrogen and oxygen atoms in total. The molecule has 2 aromatic rings. The van der Waals surface area contributed by atoms with E-state index >= 15 is 0 Å². The second-order valence-corrected chi connectivity index (χ2v) is 8.17. The van der Waals surface area contributed by atoms with Crippen molar-refractivity contribution in [2.24, 2.45) is 0 Å². The van der Waals surface area contributed by atoms with Gasteiger partial charge in [0, 0.05) is 17.3 Å². The van der Waals surface area contributed by atoms with Gasteiger partial charge in [-0.05, 0) is 37.5 Å². The van der Waals surface area contributed by atoms with Gasteiger partial charge in [-0.2, -0.15) is 5.10 Å². The second-order valence-electron chi connectivity index (χ2n) is 5.60. The summed E-state index contributed by atoms with van der Waals surface area (Å²) in [6, 6.07) is 5.17. The number of nitrogens with zero attached hydrogens (tertiary/aromatic N) is 2. The quantitative estimate of drug-likeness (QED) is 0.838. The van der Waals surface area contributed by atoms with Crippen LogP contribution >= 0.6 is 15.9 Å². The summed E-state index contributed by atoms with van der Waals surface area (Å²) in [7, 11) is -3.65. The van der Waals surface area contributed by atoms with Crippen LogP contribution in [0.3, 0.4) is 0 Å². The van der Waals surface area contributed by atoms with Crippen molar-refractivity contribution < 1.29 is 13.2 Å². The molecule has 0 bridgehead atoms. The first-order valence-corrected chi connectivity index (χ1v) is 9.65. The van der Waals surface area contributed by atoms with Gasteiger partial charge in [0.1, 0.15) is 0 Å². The molecule has 1 atom stereocenters. The Morgan fingerprint density at radius 2 is 2.30 bits per heavy atom. The molecule has 8 heteroatoms. The van der Waals surface area contributed by atoms with Gasteiger partial charge in [0.25, 0.3) is 10.0 Å². The largest absolute Gasteiger partial charge is 0.376 e. The number of anilines is 1. The van der Waals surface area contributed by atoms with Gasteiger partial charge in [-0.15, -0.1) is 0 Å². The first-order valence-electron chi connectivity index (χ1n) is 7.37. The van der Waals surface area contributed by atoms with E-state index in [1.807, 2.05) is 6.07 Å². The van der Waals surface area contributed by atoms with Gasteiger partial charge >= 0.3 is 0 Å². The van der Waals surface area contributed by atoms with Crippen LogP contribution in [0.2, 0.25) is 0 Å². The van der Waals surface area contributed by atoms with Crippen LogP contribution in [-0.2, 0) is 21.3 Å². The van der Waals surface area contributed by atoms with Crippen molar-refractivity contribution in [3.8, 4) is 0 Å². The highest BCUT2D eigenvalue weighted by Crippen LogP contribution is 2.23. The average molecular weight is 400 g/mol. The molecular weight excluding hydrogens is 382 g/mol. The van der Waals surface area contributed by atoms with Gasteiger partial charge in [0.15, 0.2) is 0 Å². The van der Waals surface area contributed by atoms with Crippen molar-refractivity contribution in [3.05, 3.63) is 40.6 Å². The van der Waals surface area contributed by atoms with Gasteiger partial charge in [0.05, 0.1) is 29.4 Å². The third-order valence-corrected chi connectivity index (χ3v) is 5.76. The van der Waals surface area contributed by atoms with E-state index in [1.165, 1.54) is 6.20 Å². The summed E-state index contributed by atoms with van der Waals surface area (Å²) in [4.78, 5) is 0.249. The summed E-state index contributed by atoms with van der Waals surface area (Å²) in [5, 5.41) is 4.20. The van der Waals surface area contributed by atoms with Crippen molar-refractivity contribution in [2.75, 3.05) is 11.3 Å². The van der Waals surface area contributed by atoms with Crippen LogP contribution in [0.25, 0.3) is 0 Å². The number of hydrogen-bond donors (Lipinski definition) is 1. The Morgan fingerprint density at radius 1 is 1.48 bits per heavy atom. The Bertz CT molecular complexity index is 798. The van der Waals surface area contributed by atoms with Crippen LogP contribution in [0.1, 0.15) is 18.4 Å². The highest BCUT2D eigenvalue weighted by atomic mass is 79.9. The summed E-state index contributed by atoms with van der Waals surface area (Å²) in [5.74, 6) is 0. The molecule has 1 aliphatic rings. The Kier molecular flexibility index (Phi) is 4.74. The molecule has 0 spiro atoms. The first kappa shape index (κ1) is 16.5. The number of aryl methyl sites for hydroxylation is 1. The minimum atomic E-state index is -3.65. The van der Waals surface area contributed by atoms with Gasteiger partial charge in [-0.1, -0.05) is 22.0 Å². The van der Waals surface area contributed by atoms with E-state index in [0.717, 1.165) is 23.9 Å². The molecule has 124 valence electrons. The summed E-state index contributed by atoms with van der Waals surface area (Å²) < 4.78 is 35.6. The van der Waals surface area contributed by atoms with Crippen molar-refractivity contribution >= 4 is 31.6 Å². The van der Waals surface area contributed by atoms with E-state index in [2.05, 4.69) is 25.8 Å². The van der Waals surface area contributed by atoms with Crippen molar-refractivity contribution in [3.63, 3.8) is 0 Å². The fourth-order valence-electron chi connectivity index (χ4n) is 2.59. The lowest BCUT2D eigenvalue weighted by molar-refractivity contribution is 0.0940. The molecule has 23 heavy (non-hydrogen) atoms. The second kappa shape index (κ2) is 6.62. The number of halogens is 1. The van der Waals surface area contributed by atoms with Crippen LogP contribution in [0.5, 0.6) is 0 Å². The Morgan fingerprint density at radius 3 is 3.04 bits per heavy atom. The lowest BCUT2D eigenvalue weighted by atomic mass is 10.2. The van der Waals surface area contributed by atoms with Crippen LogP contribution in [-0.4, -0.2) is 30.9 Å². The standard InChI is InChI=1S/C15H18BrN3O3S/c1-11-4-5-12(16)7-15(11)23(20,21)18-13-8-17-19(9-13)10-14-3-2-6-22-14/h4-5,7-9,14,18H,2-3,6,10H2,1H3. The predicted octanol–water partition coefficient (Wildman–Crippen LogP) is 2.93. The molecule has 1 aromatic heterocycles. The number of aromatic nitrogens is 2. The molecule has 1 aromatic carbocycles. The molecule has 2 heterocycles. The minimum absolute atomic E-state index is 0.159. The fraction of sp³-hybridized carbons (Fsp3) is 0.400. The highest BCUT2D eigenvalue weighted by molar-refractivity contribution is 9.10. The van der Waals surface area contributed by atoms with Crippen LogP contribution in [0.4, 0.5) is 5.69 Å². The molecule has 3 rings (SSSR count).